The Morgan fingerprint density at radius 2 is 2.00 bits per heavy atom. The van der Waals surface area contributed by atoms with Crippen molar-refractivity contribution in [2.45, 2.75) is 30.8 Å². The van der Waals surface area contributed by atoms with Crippen LogP contribution in [-0.2, 0) is 16.4 Å². The normalized spacial score (nSPS) is 15.5. The number of benzene rings is 2. The number of para-hydroxylation sites is 1. The topological polar surface area (TPSA) is 64.6 Å². The van der Waals surface area contributed by atoms with Crippen molar-refractivity contribution in [2.24, 2.45) is 0 Å². The van der Waals surface area contributed by atoms with Crippen LogP contribution < -0.4 is 14.2 Å². The Bertz CT molecular complexity index is 880. The molecule has 7 heteroatoms. The van der Waals surface area contributed by atoms with Gasteiger partial charge in [0.25, 0.3) is 0 Å². The van der Waals surface area contributed by atoms with Crippen molar-refractivity contribution in [1.82, 2.24) is 4.72 Å². The van der Waals surface area contributed by atoms with Crippen LogP contribution in [0.4, 0.5) is 4.39 Å². The quantitative estimate of drug-likeness (QED) is 0.800. The highest BCUT2D eigenvalue weighted by Crippen LogP contribution is 2.41. The van der Waals surface area contributed by atoms with Crippen molar-refractivity contribution in [3.8, 4) is 11.5 Å². The van der Waals surface area contributed by atoms with Crippen LogP contribution in [0, 0.1) is 5.82 Å². The van der Waals surface area contributed by atoms with E-state index < -0.39 is 15.8 Å². The van der Waals surface area contributed by atoms with E-state index in [1.165, 1.54) is 18.2 Å². The van der Waals surface area contributed by atoms with E-state index in [9.17, 15) is 12.8 Å². The molecule has 3 rings (SSSR count). The molecule has 1 aliphatic heterocycles. The van der Waals surface area contributed by atoms with Gasteiger partial charge in [-0.25, -0.2) is 17.5 Å². The van der Waals surface area contributed by atoms with Crippen LogP contribution in [0.3, 0.4) is 0 Å². The Hall–Kier alpha value is -2.12. The van der Waals surface area contributed by atoms with Gasteiger partial charge < -0.3 is 9.47 Å². The van der Waals surface area contributed by atoms with Crippen molar-refractivity contribution >= 4 is 10.0 Å². The van der Waals surface area contributed by atoms with Gasteiger partial charge in [-0.1, -0.05) is 18.2 Å². The van der Waals surface area contributed by atoms with Gasteiger partial charge >= 0.3 is 0 Å². The summed E-state index contributed by atoms with van der Waals surface area (Å²) in [5, 5.41) is 0. The number of rotatable bonds is 6. The van der Waals surface area contributed by atoms with Crippen molar-refractivity contribution in [2.75, 3.05) is 13.2 Å². The summed E-state index contributed by atoms with van der Waals surface area (Å²) in [6.07, 6.45) is 0.797. The number of ether oxygens (including phenoxy) is 2. The Kier molecular flexibility index (Phi) is 4.71. The zero-order chi connectivity index (χ0) is 18.1. The molecule has 0 fully saturated rings. The lowest BCUT2D eigenvalue weighted by atomic mass is 10.0. The zero-order valence-corrected chi connectivity index (χ0v) is 14.9. The number of nitrogens with one attached hydrogen (secondary N) is 1. The van der Waals surface area contributed by atoms with E-state index in [1.807, 2.05) is 26.0 Å². The predicted octanol–water partition coefficient (Wildman–Crippen LogP) is 2.90. The van der Waals surface area contributed by atoms with Gasteiger partial charge in [0.2, 0.25) is 10.0 Å². The fraction of sp³-hybridized carbons (Fsp3) is 0.333. The third-order valence-electron chi connectivity index (χ3n) is 3.81. The molecule has 1 heterocycles. The maximum Gasteiger partial charge on any atom is 0.240 e. The Balaban J connectivity index is 1.59. The Labute approximate surface area is 146 Å². The standard InChI is InChI=1S/C18H20FNO4S/c1-18(2)12-13-5-3-8-16(17(13)24-18)23-10-9-20-25(21,22)15-7-4-6-14(19)11-15/h3-8,11,20H,9-10,12H2,1-2H3. The maximum absolute atomic E-state index is 13.2. The summed E-state index contributed by atoms with van der Waals surface area (Å²) in [6, 6.07) is 10.5. The largest absolute Gasteiger partial charge is 0.488 e. The third-order valence-corrected chi connectivity index (χ3v) is 5.27. The van der Waals surface area contributed by atoms with Crippen molar-refractivity contribution in [1.29, 1.82) is 0 Å². The second-order valence-corrected chi connectivity index (χ2v) is 8.25. The lowest BCUT2D eigenvalue weighted by Crippen LogP contribution is -2.28. The fourth-order valence-corrected chi connectivity index (χ4v) is 3.80. The van der Waals surface area contributed by atoms with Gasteiger partial charge in [-0.2, -0.15) is 0 Å². The van der Waals surface area contributed by atoms with Gasteiger partial charge in [0.05, 0.1) is 4.90 Å². The molecule has 0 atom stereocenters. The van der Waals surface area contributed by atoms with E-state index in [2.05, 4.69) is 4.72 Å². The van der Waals surface area contributed by atoms with Crippen LogP contribution in [0.5, 0.6) is 11.5 Å². The van der Waals surface area contributed by atoms with Crippen LogP contribution in [0.1, 0.15) is 19.4 Å². The second kappa shape index (κ2) is 6.65. The van der Waals surface area contributed by atoms with Gasteiger partial charge in [-0.3, -0.25) is 0 Å². The molecular formula is C18H20FNO4S. The molecular weight excluding hydrogens is 345 g/mol. The number of fused-ring (bicyclic) bond motifs is 1. The number of halogens is 1. The molecule has 2 aromatic rings. The first kappa shape index (κ1) is 17.7. The Morgan fingerprint density at radius 1 is 1.24 bits per heavy atom. The lowest BCUT2D eigenvalue weighted by Gasteiger charge is -2.18. The SMILES string of the molecule is CC1(C)Cc2cccc(OCCNS(=O)(=O)c3cccc(F)c3)c2O1. The van der Waals surface area contributed by atoms with E-state index in [1.54, 1.807) is 6.07 Å². The molecule has 2 aromatic carbocycles. The van der Waals surface area contributed by atoms with Crippen molar-refractivity contribution < 1.29 is 22.3 Å². The van der Waals surface area contributed by atoms with Crippen LogP contribution in [0.25, 0.3) is 0 Å². The molecule has 0 saturated heterocycles. The van der Waals surface area contributed by atoms with Gasteiger partial charge in [0.15, 0.2) is 11.5 Å². The molecule has 134 valence electrons. The number of hydrogen-bond donors (Lipinski definition) is 1. The maximum atomic E-state index is 13.2. The van der Waals surface area contributed by atoms with E-state index in [-0.39, 0.29) is 23.6 Å². The summed E-state index contributed by atoms with van der Waals surface area (Å²) in [6.45, 7) is 4.20. The molecule has 0 aromatic heterocycles. The molecule has 0 spiro atoms. The summed E-state index contributed by atoms with van der Waals surface area (Å²) < 4.78 is 51.4. The van der Waals surface area contributed by atoms with Gasteiger partial charge in [-0.05, 0) is 38.1 Å². The van der Waals surface area contributed by atoms with Crippen molar-refractivity contribution in [3.63, 3.8) is 0 Å². The molecule has 0 amide bonds. The van der Waals surface area contributed by atoms with Crippen LogP contribution in [-0.4, -0.2) is 27.2 Å². The van der Waals surface area contributed by atoms with Gasteiger partial charge in [0.1, 0.15) is 18.0 Å². The molecule has 1 N–H and O–H groups in total. The minimum Gasteiger partial charge on any atom is -0.488 e. The highest BCUT2D eigenvalue weighted by Gasteiger charge is 2.32. The Morgan fingerprint density at radius 3 is 2.76 bits per heavy atom. The number of hydrogen-bond acceptors (Lipinski definition) is 4. The third kappa shape index (κ3) is 4.11. The minimum atomic E-state index is -3.77. The highest BCUT2D eigenvalue weighted by molar-refractivity contribution is 7.89. The van der Waals surface area contributed by atoms with E-state index >= 15 is 0 Å². The molecule has 5 nitrogen and oxygen atoms in total. The molecule has 0 aliphatic carbocycles. The fourth-order valence-electron chi connectivity index (χ4n) is 2.76. The first-order valence-corrected chi connectivity index (χ1v) is 9.44. The summed E-state index contributed by atoms with van der Waals surface area (Å²) in [5.74, 6) is 0.701. The average Bonchev–Trinajstić information content (AvgIpc) is 2.86. The smallest absolute Gasteiger partial charge is 0.240 e. The molecule has 0 radical (unpaired) electrons. The predicted molar refractivity (Wildman–Crippen MR) is 91.9 cm³/mol. The van der Waals surface area contributed by atoms with Gasteiger partial charge in [0, 0.05) is 18.5 Å². The highest BCUT2D eigenvalue weighted by atomic mass is 32.2. The molecule has 1 aliphatic rings. The molecule has 0 unspecified atom stereocenters. The summed E-state index contributed by atoms with van der Waals surface area (Å²) in [4.78, 5) is -0.113. The average molecular weight is 365 g/mol. The molecule has 0 saturated carbocycles. The van der Waals surface area contributed by atoms with Crippen LogP contribution >= 0.6 is 0 Å². The molecule has 0 bridgehead atoms. The number of sulfonamides is 1. The second-order valence-electron chi connectivity index (χ2n) is 6.49. The summed E-state index contributed by atoms with van der Waals surface area (Å²) in [5.41, 5.74) is 0.795. The van der Waals surface area contributed by atoms with Crippen LogP contribution in [0.15, 0.2) is 47.4 Å². The van der Waals surface area contributed by atoms with Crippen LogP contribution in [0.2, 0.25) is 0 Å². The summed E-state index contributed by atoms with van der Waals surface area (Å²) in [7, 11) is -3.77. The first-order valence-electron chi connectivity index (χ1n) is 7.96. The lowest BCUT2D eigenvalue weighted by molar-refractivity contribution is 0.132. The van der Waals surface area contributed by atoms with E-state index in [0.29, 0.717) is 11.5 Å². The first-order chi connectivity index (χ1) is 11.8. The minimum absolute atomic E-state index is 0.0614. The van der Waals surface area contributed by atoms with E-state index in [0.717, 1.165) is 18.1 Å². The van der Waals surface area contributed by atoms with Crippen molar-refractivity contribution in [3.05, 3.63) is 53.8 Å². The summed E-state index contributed by atoms with van der Waals surface area (Å²) >= 11 is 0. The molecule has 25 heavy (non-hydrogen) atoms. The van der Waals surface area contributed by atoms with E-state index in [4.69, 9.17) is 9.47 Å². The zero-order valence-electron chi connectivity index (χ0n) is 14.1. The monoisotopic (exact) mass is 365 g/mol. The van der Waals surface area contributed by atoms with Gasteiger partial charge in [-0.15, -0.1) is 0 Å².